The van der Waals surface area contributed by atoms with Gasteiger partial charge >= 0.3 is 11.9 Å². The number of ether oxygens (including phenoxy) is 2. The summed E-state index contributed by atoms with van der Waals surface area (Å²) in [6, 6.07) is 17.7. The Morgan fingerprint density at radius 3 is 2.32 bits per heavy atom. The number of imide groups is 2. The van der Waals surface area contributed by atoms with Gasteiger partial charge in [0.1, 0.15) is 16.7 Å². The molecule has 1 atom stereocenters. The highest BCUT2D eigenvalue weighted by atomic mass is 35.5. The van der Waals surface area contributed by atoms with Crippen LogP contribution in [0.2, 0.25) is 5.02 Å². The van der Waals surface area contributed by atoms with Crippen molar-refractivity contribution in [3.8, 4) is 16.2 Å². The summed E-state index contributed by atoms with van der Waals surface area (Å²) in [6.07, 6.45) is 4.08. The fourth-order valence-corrected chi connectivity index (χ4v) is 12.0. The van der Waals surface area contributed by atoms with E-state index in [1.807, 2.05) is 18.2 Å². The number of carbonyl (C=O) groups excluding carboxylic acids is 7. The van der Waals surface area contributed by atoms with Gasteiger partial charge in [-0.25, -0.2) is 22.3 Å². The Kier molecular flexibility index (Phi) is 18.0. The molecule has 0 bridgehead atoms. The van der Waals surface area contributed by atoms with Gasteiger partial charge < -0.3 is 35.4 Å². The number of thiophene rings is 1. The number of rotatable bonds is 22. The number of carboxylic acid groups (broad SMARTS) is 1. The molecule has 4 aromatic rings. The lowest BCUT2D eigenvalue weighted by molar-refractivity contribution is -0.139. The van der Waals surface area contributed by atoms with Crippen molar-refractivity contribution in [3.63, 3.8) is 0 Å². The smallest absolute Gasteiger partial charge is 0.352 e. The number of esters is 1. The topological polar surface area (TPSA) is 267 Å². The Labute approximate surface area is 443 Å². The third-order valence-corrected chi connectivity index (χ3v) is 16.0. The predicted molar refractivity (Wildman–Crippen MR) is 281 cm³/mol. The molecular formula is C52H60ClN7O13S2. The molecular weight excluding hydrogens is 1030 g/mol. The van der Waals surface area contributed by atoms with Gasteiger partial charge in [0.05, 0.1) is 34.0 Å². The minimum atomic E-state index is -3.70. The lowest BCUT2D eigenvalue weighted by Gasteiger charge is -2.32. The summed E-state index contributed by atoms with van der Waals surface area (Å²) >= 11 is 7.74. The number of fused-ring (bicyclic) bond motifs is 1. The van der Waals surface area contributed by atoms with Crippen LogP contribution in [0.5, 0.6) is 5.75 Å². The number of nitrogens with one attached hydrogen (secondary N) is 4. The molecule has 23 heteroatoms. The molecule has 5 N–H and O–H groups in total. The summed E-state index contributed by atoms with van der Waals surface area (Å²) < 4.78 is 39.7. The summed E-state index contributed by atoms with van der Waals surface area (Å²) in [7, 11) is -2.08. The van der Waals surface area contributed by atoms with E-state index in [0.717, 1.165) is 34.8 Å². The normalized spacial score (nSPS) is 16.3. The van der Waals surface area contributed by atoms with Crippen molar-refractivity contribution in [2.24, 2.45) is 0 Å². The summed E-state index contributed by atoms with van der Waals surface area (Å²) in [6.45, 7) is 5.30. The van der Waals surface area contributed by atoms with E-state index in [-0.39, 0.29) is 76.2 Å². The number of amides is 6. The number of anilines is 3. The molecule has 4 heterocycles. The molecule has 3 aromatic carbocycles. The van der Waals surface area contributed by atoms with E-state index in [9.17, 15) is 51.9 Å². The van der Waals surface area contributed by atoms with Gasteiger partial charge in [-0.2, -0.15) is 0 Å². The SMILES string of the molecule is CN(CC(=O)NCCCCCCC(=O)Nc1cccc(CS(=O)(=O)N2CCC(Nc3cccc(-c4sc(C(=O)OC(C)(C)C)c(OCC(=O)O)c4Cl)c3)CC2)c1)c1cccc2c1C(=O)N(C1CCC(=O)NC1=O)C2=O. The minimum absolute atomic E-state index is 0.00434. The van der Waals surface area contributed by atoms with Gasteiger partial charge in [0, 0.05) is 56.9 Å². The Bertz CT molecular complexity index is 2990. The van der Waals surface area contributed by atoms with Gasteiger partial charge in [-0.15, -0.1) is 11.3 Å². The first-order chi connectivity index (χ1) is 35.6. The van der Waals surface area contributed by atoms with Crippen LogP contribution in [0, 0.1) is 0 Å². The van der Waals surface area contributed by atoms with Crippen LogP contribution in [0.3, 0.4) is 0 Å². The molecule has 0 saturated carbocycles. The number of hydrogen-bond acceptors (Lipinski definition) is 15. The number of halogens is 1. The first-order valence-corrected chi connectivity index (χ1v) is 27.3. The molecule has 1 aromatic heterocycles. The molecule has 0 radical (unpaired) electrons. The number of likely N-dealkylation sites (N-methyl/N-ethyl adjacent to an activating group) is 1. The van der Waals surface area contributed by atoms with Gasteiger partial charge in [-0.1, -0.05) is 54.8 Å². The van der Waals surface area contributed by atoms with Crippen LogP contribution < -0.4 is 30.9 Å². The molecule has 0 aliphatic carbocycles. The molecule has 75 heavy (non-hydrogen) atoms. The van der Waals surface area contributed by atoms with E-state index in [4.69, 9.17) is 21.1 Å². The molecule has 20 nitrogen and oxygen atoms in total. The molecule has 2 fully saturated rings. The van der Waals surface area contributed by atoms with Crippen LogP contribution in [-0.4, -0.2) is 128 Å². The number of sulfonamides is 1. The van der Waals surface area contributed by atoms with Gasteiger partial charge in [-0.05, 0) is 100 Å². The molecule has 3 aliphatic rings. The third-order valence-electron chi connectivity index (χ3n) is 12.5. The molecule has 3 aliphatic heterocycles. The van der Waals surface area contributed by atoms with Crippen LogP contribution >= 0.6 is 22.9 Å². The standard InChI is InChI=1S/C52H60ClN7O13S2/c1-52(2,3)73-51(69)47-45(72-29-42(64)65)44(53)46(74-47)32-13-10-15-35(27-32)55-33-21-24-59(25-22-33)75(70,71)30-31-12-9-14-34(26-31)56-39(61)18-7-5-6-8-23-54-41(63)28-58(4)37-17-11-16-36-43(37)50(68)60(49(36)67)38-19-20-40(62)57-48(38)66/h9-17,26-27,33,38,55H,5-8,18-25,28-30H2,1-4H3,(H,54,63)(H,56,61)(H,64,65)(H,57,62,66). The Morgan fingerprint density at radius 2 is 1.60 bits per heavy atom. The molecule has 2 saturated heterocycles. The summed E-state index contributed by atoms with van der Waals surface area (Å²) in [5.41, 5.74) is 2.18. The highest BCUT2D eigenvalue weighted by Crippen LogP contribution is 2.47. The molecule has 7 rings (SSSR count). The quantitative estimate of drug-likeness (QED) is 0.0322. The van der Waals surface area contributed by atoms with E-state index in [2.05, 4.69) is 21.3 Å². The number of carboxylic acids is 1. The number of carbonyl (C=O) groups is 8. The van der Waals surface area contributed by atoms with Crippen molar-refractivity contribution in [1.82, 2.24) is 19.8 Å². The van der Waals surface area contributed by atoms with Crippen molar-refractivity contribution in [3.05, 3.63) is 93.3 Å². The van der Waals surface area contributed by atoms with Crippen LogP contribution in [0.4, 0.5) is 17.1 Å². The average molecular weight is 1090 g/mol. The van der Waals surface area contributed by atoms with Crippen LogP contribution in [0.15, 0.2) is 66.7 Å². The number of piperidine rings is 2. The van der Waals surface area contributed by atoms with Crippen LogP contribution in [0.25, 0.3) is 10.4 Å². The van der Waals surface area contributed by atoms with E-state index in [1.165, 1.54) is 10.4 Å². The number of unbranched alkanes of at least 4 members (excludes halogenated alkanes) is 3. The first-order valence-electron chi connectivity index (χ1n) is 24.5. The second-order valence-corrected chi connectivity index (χ2v) is 22.9. The number of nitrogens with zero attached hydrogens (tertiary/aromatic N) is 3. The third kappa shape index (κ3) is 14.3. The van der Waals surface area contributed by atoms with E-state index < -0.39 is 63.8 Å². The fourth-order valence-electron chi connectivity index (χ4n) is 9.00. The van der Waals surface area contributed by atoms with Crippen LogP contribution in [-0.2, 0) is 44.5 Å². The molecule has 6 amide bonds. The highest BCUT2D eigenvalue weighted by Gasteiger charge is 2.46. The Hall–Kier alpha value is -6.88. The lowest BCUT2D eigenvalue weighted by Crippen LogP contribution is -2.54. The second kappa shape index (κ2) is 24.2. The Morgan fingerprint density at radius 1 is 0.893 bits per heavy atom. The Balaban J connectivity index is 0.808. The predicted octanol–water partition coefficient (Wildman–Crippen LogP) is 6.44. The van der Waals surface area contributed by atoms with E-state index in [1.54, 1.807) is 75.2 Å². The molecule has 400 valence electrons. The molecule has 1 unspecified atom stereocenters. The number of benzene rings is 3. The fraction of sp³-hybridized carbons (Fsp3) is 0.423. The number of aliphatic carboxylic acids is 1. The number of hydrogen-bond donors (Lipinski definition) is 5. The van der Waals surface area contributed by atoms with E-state index >= 15 is 0 Å². The van der Waals surface area contributed by atoms with Crippen molar-refractivity contribution < 1.29 is 61.4 Å². The maximum atomic E-state index is 13.6. The highest BCUT2D eigenvalue weighted by molar-refractivity contribution is 7.88. The summed E-state index contributed by atoms with van der Waals surface area (Å²) in [4.78, 5) is 104. The van der Waals surface area contributed by atoms with Crippen molar-refractivity contribution in [1.29, 1.82) is 0 Å². The summed E-state index contributed by atoms with van der Waals surface area (Å²) in [5.74, 6) is -5.20. The minimum Gasteiger partial charge on any atom is -0.479 e. The molecule has 0 spiro atoms. The monoisotopic (exact) mass is 1090 g/mol. The maximum Gasteiger partial charge on any atom is 0.352 e. The van der Waals surface area contributed by atoms with Crippen LogP contribution in [0.1, 0.15) is 115 Å². The zero-order chi connectivity index (χ0) is 54.2. The second-order valence-electron chi connectivity index (χ2n) is 19.5. The van der Waals surface area contributed by atoms with Gasteiger partial charge in [-0.3, -0.25) is 39.0 Å². The average Bonchev–Trinajstić information content (AvgIpc) is 3.81. The zero-order valence-corrected chi connectivity index (χ0v) is 44.4. The van der Waals surface area contributed by atoms with Crippen molar-refractivity contribution >= 4 is 97.4 Å². The lowest BCUT2D eigenvalue weighted by atomic mass is 10.0. The zero-order valence-electron chi connectivity index (χ0n) is 42.0. The first kappa shape index (κ1) is 55.9. The van der Waals surface area contributed by atoms with Crippen molar-refractivity contribution in [2.45, 2.75) is 102 Å². The maximum absolute atomic E-state index is 13.6. The van der Waals surface area contributed by atoms with Gasteiger partial charge in [0.25, 0.3) is 11.8 Å². The largest absolute Gasteiger partial charge is 0.479 e. The van der Waals surface area contributed by atoms with Crippen molar-refractivity contribution in [2.75, 3.05) is 55.4 Å². The van der Waals surface area contributed by atoms with Gasteiger partial charge in [0.15, 0.2) is 17.2 Å². The van der Waals surface area contributed by atoms with E-state index in [0.29, 0.717) is 72.7 Å². The van der Waals surface area contributed by atoms with Gasteiger partial charge in [0.2, 0.25) is 33.7 Å². The summed E-state index contributed by atoms with van der Waals surface area (Å²) in [5, 5.41) is 20.7.